The SMILES string of the molecule is [C-]#[N+]c1c(N(C)CCC(=O)OC)nc(SC(C(N)=O)c2ccccc2)c(C#N)c1CC. The third-order valence-electron chi connectivity index (χ3n) is 4.63. The zero-order chi connectivity index (χ0) is 23.0. The zero-order valence-electron chi connectivity index (χ0n) is 17.6. The van der Waals surface area contributed by atoms with Crippen LogP contribution in [-0.4, -0.2) is 37.6 Å². The third kappa shape index (κ3) is 5.53. The van der Waals surface area contributed by atoms with Gasteiger partial charge < -0.3 is 15.4 Å². The van der Waals surface area contributed by atoms with Crippen LogP contribution in [0.25, 0.3) is 4.85 Å². The van der Waals surface area contributed by atoms with Crippen LogP contribution < -0.4 is 10.6 Å². The van der Waals surface area contributed by atoms with E-state index in [0.717, 1.165) is 11.8 Å². The topological polar surface area (TPSA) is 114 Å². The number of hydrogen-bond acceptors (Lipinski definition) is 7. The highest BCUT2D eigenvalue weighted by Gasteiger charge is 2.26. The Hall–Kier alpha value is -3.56. The van der Waals surface area contributed by atoms with E-state index in [-0.39, 0.29) is 30.2 Å². The number of esters is 1. The lowest BCUT2D eigenvalue weighted by molar-refractivity contribution is -0.140. The van der Waals surface area contributed by atoms with Crippen molar-refractivity contribution in [3.63, 3.8) is 0 Å². The van der Waals surface area contributed by atoms with Gasteiger partial charge in [-0.1, -0.05) is 49.0 Å². The number of nitrogens with two attached hydrogens (primary N) is 1. The minimum Gasteiger partial charge on any atom is -0.469 e. The fraction of sp³-hybridized carbons (Fsp3) is 0.318. The van der Waals surface area contributed by atoms with Gasteiger partial charge in [0.1, 0.15) is 22.2 Å². The molecule has 0 spiro atoms. The average Bonchev–Trinajstić information content (AvgIpc) is 2.79. The van der Waals surface area contributed by atoms with Gasteiger partial charge in [-0.25, -0.2) is 9.83 Å². The first-order valence-electron chi connectivity index (χ1n) is 9.51. The summed E-state index contributed by atoms with van der Waals surface area (Å²) in [6.07, 6.45) is 0.547. The van der Waals surface area contributed by atoms with Gasteiger partial charge in [-0.2, -0.15) is 5.26 Å². The molecule has 1 amide bonds. The molecule has 9 heteroatoms. The van der Waals surface area contributed by atoms with E-state index in [9.17, 15) is 14.9 Å². The number of carbonyl (C=O) groups is 2. The highest BCUT2D eigenvalue weighted by molar-refractivity contribution is 8.00. The van der Waals surface area contributed by atoms with E-state index in [1.165, 1.54) is 7.11 Å². The number of anilines is 1. The summed E-state index contributed by atoms with van der Waals surface area (Å²) < 4.78 is 4.68. The molecule has 2 aromatic rings. The molecule has 0 aliphatic rings. The first-order valence-corrected chi connectivity index (χ1v) is 10.4. The van der Waals surface area contributed by atoms with Crippen molar-refractivity contribution in [1.82, 2.24) is 4.98 Å². The van der Waals surface area contributed by atoms with Crippen molar-refractivity contribution in [2.45, 2.75) is 30.0 Å². The second kappa shape index (κ2) is 11.0. The average molecular weight is 438 g/mol. The molecular weight excluding hydrogens is 414 g/mol. The van der Waals surface area contributed by atoms with Crippen LogP contribution in [0.2, 0.25) is 0 Å². The fourth-order valence-electron chi connectivity index (χ4n) is 3.01. The number of amides is 1. The number of pyridine rings is 1. The summed E-state index contributed by atoms with van der Waals surface area (Å²) in [7, 11) is 3.02. The first-order chi connectivity index (χ1) is 14.9. The number of hydrogen-bond donors (Lipinski definition) is 1. The van der Waals surface area contributed by atoms with Crippen LogP contribution >= 0.6 is 11.8 Å². The van der Waals surface area contributed by atoms with Gasteiger partial charge in [-0.05, 0) is 17.5 Å². The van der Waals surface area contributed by atoms with Gasteiger partial charge in [0.05, 0.1) is 25.7 Å². The van der Waals surface area contributed by atoms with E-state index in [0.29, 0.717) is 28.4 Å². The molecule has 2 rings (SSSR count). The summed E-state index contributed by atoms with van der Waals surface area (Å²) in [6, 6.07) is 11.1. The molecule has 1 aromatic heterocycles. The molecule has 0 radical (unpaired) electrons. The summed E-state index contributed by atoms with van der Waals surface area (Å²) in [5, 5.41) is 9.38. The summed E-state index contributed by atoms with van der Waals surface area (Å²) in [5.74, 6) is -0.601. The van der Waals surface area contributed by atoms with Crippen molar-refractivity contribution in [2.24, 2.45) is 5.73 Å². The summed E-state index contributed by atoms with van der Waals surface area (Å²) in [5.41, 5.74) is 7.40. The van der Waals surface area contributed by atoms with E-state index in [1.54, 1.807) is 36.2 Å². The van der Waals surface area contributed by atoms with Gasteiger partial charge in [-0.15, -0.1) is 0 Å². The number of carbonyl (C=O) groups excluding carboxylic acids is 2. The molecule has 1 heterocycles. The monoisotopic (exact) mass is 437 g/mol. The molecule has 0 aliphatic carbocycles. The Morgan fingerprint density at radius 3 is 2.58 bits per heavy atom. The predicted molar refractivity (Wildman–Crippen MR) is 119 cm³/mol. The molecule has 1 unspecified atom stereocenters. The molecule has 0 bridgehead atoms. The quantitative estimate of drug-likeness (QED) is 0.363. The second-order valence-corrected chi connectivity index (χ2v) is 7.67. The van der Waals surface area contributed by atoms with Crippen LogP contribution in [-0.2, 0) is 20.7 Å². The van der Waals surface area contributed by atoms with Crippen molar-refractivity contribution in [3.05, 3.63) is 58.4 Å². The van der Waals surface area contributed by atoms with Crippen molar-refractivity contribution < 1.29 is 14.3 Å². The zero-order valence-corrected chi connectivity index (χ0v) is 18.4. The van der Waals surface area contributed by atoms with Crippen molar-refractivity contribution in [3.8, 4) is 6.07 Å². The van der Waals surface area contributed by atoms with Crippen molar-refractivity contribution in [1.29, 1.82) is 5.26 Å². The number of primary amides is 1. The molecule has 2 N–H and O–H groups in total. The van der Waals surface area contributed by atoms with Crippen LogP contribution in [0.5, 0.6) is 0 Å². The van der Waals surface area contributed by atoms with Crippen LogP contribution in [0.4, 0.5) is 11.5 Å². The Morgan fingerprint density at radius 1 is 1.39 bits per heavy atom. The van der Waals surface area contributed by atoms with Crippen LogP contribution in [0.15, 0.2) is 35.4 Å². The predicted octanol–water partition coefficient (Wildman–Crippen LogP) is 3.38. The number of benzene rings is 1. The van der Waals surface area contributed by atoms with Crippen LogP contribution in [0.3, 0.4) is 0 Å². The number of methoxy groups -OCH3 is 1. The lowest BCUT2D eigenvalue weighted by Gasteiger charge is -2.23. The fourth-order valence-corrected chi connectivity index (χ4v) is 4.07. The van der Waals surface area contributed by atoms with Gasteiger partial charge in [0.15, 0.2) is 0 Å². The molecule has 0 saturated heterocycles. The van der Waals surface area contributed by atoms with Gasteiger partial charge in [0.2, 0.25) is 11.6 Å². The highest BCUT2D eigenvalue weighted by atomic mass is 32.2. The number of aromatic nitrogens is 1. The Bertz CT molecular complexity index is 1040. The Balaban J connectivity index is 2.58. The molecule has 160 valence electrons. The van der Waals surface area contributed by atoms with Crippen molar-refractivity contribution in [2.75, 3.05) is 25.6 Å². The second-order valence-electron chi connectivity index (χ2n) is 6.58. The largest absolute Gasteiger partial charge is 0.469 e. The molecule has 0 aliphatic heterocycles. The molecule has 0 saturated carbocycles. The smallest absolute Gasteiger partial charge is 0.307 e. The molecule has 31 heavy (non-hydrogen) atoms. The summed E-state index contributed by atoms with van der Waals surface area (Å²) in [4.78, 5) is 33.6. The molecule has 8 nitrogen and oxygen atoms in total. The van der Waals surface area contributed by atoms with Crippen LogP contribution in [0.1, 0.15) is 35.3 Å². The number of ether oxygens (including phenoxy) is 1. The minimum atomic E-state index is -0.752. The number of nitrogens with zero attached hydrogens (tertiary/aromatic N) is 4. The lowest BCUT2D eigenvalue weighted by Crippen LogP contribution is -2.24. The van der Waals surface area contributed by atoms with E-state index in [2.05, 4.69) is 20.6 Å². The summed E-state index contributed by atoms with van der Waals surface area (Å²) >= 11 is 1.08. The highest BCUT2D eigenvalue weighted by Crippen LogP contribution is 2.42. The molecule has 1 aromatic carbocycles. The van der Waals surface area contributed by atoms with E-state index < -0.39 is 11.2 Å². The number of rotatable bonds is 9. The summed E-state index contributed by atoms with van der Waals surface area (Å²) in [6.45, 7) is 9.76. The number of thioether (sulfide) groups is 1. The van der Waals surface area contributed by atoms with Gasteiger partial charge >= 0.3 is 5.97 Å². The number of nitriles is 1. The van der Waals surface area contributed by atoms with E-state index in [1.807, 2.05) is 13.0 Å². The third-order valence-corrected chi connectivity index (χ3v) is 5.89. The molecule has 1 atom stereocenters. The van der Waals surface area contributed by atoms with E-state index >= 15 is 0 Å². The lowest BCUT2D eigenvalue weighted by atomic mass is 10.1. The normalized spacial score (nSPS) is 11.1. The first kappa shape index (κ1) is 23.7. The Morgan fingerprint density at radius 2 is 2.06 bits per heavy atom. The molecular formula is C22H23N5O3S. The Labute approximate surface area is 185 Å². The van der Waals surface area contributed by atoms with Crippen LogP contribution in [0, 0.1) is 17.9 Å². The maximum absolute atomic E-state index is 12.2. The Kier molecular flexibility index (Phi) is 8.42. The maximum Gasteiger partial charge on any atom is 0.307 e. The molecule has 0 fully saturated rings. The minimum absolute atomic E-state index is 0.115. The van der Waals surface area contributed by atoms with E-state index in [4.69, 9.17) is 12.3 Å². The van der Waals surface area contributed by atoms with Gasteiger partial charge in [0, 0.05) is 13.6 Å². The van der Waals surface area contributed by atoms with Gasteiger partial charge in [-0.3, -0.25) is 9.59 Å². The maximum atomic E-state index is 12.2. The van der Waals surface area contributed by atoms with Gasteiger partial charge in [0.25, 0.3) is 0 Å². The van der Waals surface area contributed by atoms with Crippen molar-refractivity contribution >= 4 is 35.1 Å². The standard InChI is InChI=1S/C22H23N5O3S/c1-5-15-16(13-23)22(31-19(20(24)29)14-9-7-6-8-10-14)26-21(18(15)25-2)27(3)12-11-17(28)30-4/h6-10,19H,5,11-12H2,1,3-4H3,(H2,24,29).